The number of rotatable bonds is 4. The third-order valence-electron chi connectivity index (χ3n) is 3.06. The lowest BCUT2D eigenvalue weighted by atomic mass is 10.1. The molecular formula is C16H17ClN2O2. The molecule has 21 heavy (non-hydrogen) atoms. The van der Waals surface area contributed by atoms with Gasteiger partial charge in [0.1, 0.15) is 0 Å². The van der Waals surface area contributed by atoms with Crippen molar-refractivity contribution in [1.29, 1.82) is 0 Å². The second-order valence-electron chi connectivity index (χ2n) is 4.75. The van der Waals surface area contributed by atoms with Crippen molar-refractivity contribution in [2.75, 3.05) is 5.32 Å². The molecule has 2 rings (SSSR count). The first-order valence-corrected chi connectivity index (χ1v) is 6.96. The Kier molecular flexibility index (Phi) is 5.20. The van der Waals surface area contributed by atoms with Crippen LogP contribution in [0.3, 0.4) is 0 Å². The molecule has 0 aromatic heterocycles. The normalized spacial score (nSPS) is 10.2. The average Bonchev–Trinajstić information content (AvgIpc) is 2.49. The van der Waals surface area contributed by atoms with Gasteiger partial charge in [0, 0.05) is 17.3 Å². The number of halogens is 1. The van der Waals surface area contributed by atoms with Gasteiger partial charge in [0.15, 0.2) is 0 Å². The summed E-state index contributed by atoms with van der Waals surface area (Å²) in [4.78, 5) is 11.8. The van der Waals surface area contributed by atoms with Gasteiger partial charge in [-0.25, -0.2) is 4.79 Å². The van der Waals surface area contributed by atoms with Gasteiger partial charge in [0.2, 0.25) is 0 Å². The second-order valence-corrected chi connectivity index (χ2v) is 5.16. The molecule has 0 aliphatic rings. The maximum absolute atomic E-state index is 11.8. The molecule has 0 aliphatic heterocycles. The van der Waals surface area contributed by atoms with E-state index in [1.54, 1.807) is 12.1 Å². The Morgan fingerprint density at radius 1 is 1.19 bits per heavy atom. The predicted octanol–water partition coefficient (Wildman–Crippen LogP) is 3.46. The Hall–Kier alpha value is -2.04. The number of aryl methyl sites for hydroxylation is 1. The fourth-order valence-electron chi connectivity index (χ4n) is 1.87. The van der Waals surface area contributed by atoms with Gasteiger partial charge in [0.05, 0.1) is 6.61 Å². The Balaban J connectivity index is 1.91. The van der Waals surface area contributed by atoms with Crippen LogP contribution < -0.4 is 10.6 Å². The zero-order valence-electron chi connectivity index (χ0n) is 11.7. The first kappa shape index (κ1) is 15.4. The highest BCUT2D eigenvalue weighted by Crippen LogP contribution is 2.19. The summed E-state index contributed by atoms with van der Waals surface area (Å²) in [5.41, 5.74) is 3.36. The SMILES string of the molecule is Cc1ccc(NC(=O)NCc2cccc(CO)c2)cc1Cl. The van der Waals surface area contributed by atoms with Crippen LogP contribution in [-0.2, 0) is 13.2 Å². The van der Waals surface area contributed by atoms with Crippen LogP contribution in [0, 0.1) is 6.92 Å². The van der Waals surface area contributed by atoms with Gasteiger partial charge in [-0.15, -0.1) is 0 Å². The molecule has 0 aliphatic carbocycles. The number of aliphatic hydroxyl groups is 1. The zero-order valence-corrected chi connectivity index (χ0v) is 12.4. The number of benzene rings is 2. The van der Waals surface area contributed by atoms with Crippen LogP contribution in [0.25, 0.3) is 0 Å². The van der Waals surface area contributed by atoms with Crippen molar-refractivity contribution in [3.8, 4) is 0 Å². The number of nitrogens with one attached hydrogen (secondary N) is 2. The van der Waals surface area contributed by atoms with Crippen LogP contribution >= 0.6 is 11.6 Å². The van der Waals surface area contributed by atoms with Gasteiger partial charge in [-0.2, -0.15) is 0 Å². The number of hydrogen-bond donors (Lipinski definition) is 3. The van der Waals surface area contributed by atoms with Crippen molar-refractivity contribution < 1.29 is 9.90 Å². The number of carbonyl (C=O) groups excluding carboxylic acids is 1. The highest BCUT2D eigenvalue weighted by molar-refractivity contribution is 6.31. The number of hydrogen-bond acceptors (Lipinski definition) is 2. The molecule has 0 saturated carbocycles. The van der Waals surface area contributed by atoms with Gasteiger partial charge in [-0.1, -0.05) is 41.9 Å². The van der Waals surface area contributed by atoms with E-state index in [9.17, 15) is 4.79 Å². The standard InChI is InChI=1S/C16H17ClN2O2/c1-11-5-6-14(8-15(11)17)19-16(21)18-9-12-3-2-4-13(7-12)10-20/h2-8,20H,9-10H2,1H3,(H2,18,19,21). The summed E-state index contributed by atoms with van der Waals surface area (Å²) in [6.07, 6.45) is 0. The smallest absolute Gasteiger partial charge is 0.319 e. The lowest BCUT2D eigenvalue weighted by Crippen LogP contribution is -2.28. The second kappa shape index (κ2) is 7.11. The van der Waals surface area contributed by atoms with Crippen molar-refractivity contribution in [3.05, 3.63) is 64.2 Å². The fourth-order valence-corrected chi connectivity index (χ4v) is 2.05. The molecule has 0 heterocycles. The fraction of sp³-hybridized carbons (Fsp3) is 0.188. The van der Waals surface area contributed by atoms with Gasteiger partial charge < -0.3 is 15.7 Å². The Labute approximate surface area is 128 Å². The van der Waals surface area contributed by atoms with E-state index < -0.39 is 0 Å². The molecule has 110 valence electrons. The quantitative estimate of drug-likeness (QED) is 0.810. The minimum Gasteiger partial charge on any atom is -0.392 e. The zero-order chi connectivity index (χ0) is 15.2. The van der Waals surface area contributed by atoms with Crippen molar-refractivity contribution in [3.63, 3.8) is 0 Å². The van der Waals surface area contributed by atoms with E-state index in [0.717, 1.165) is 16.7 Å². The monoisotopic (exact) mass is 304 g/mol. The summed E-state index contributed by atoms with van der Waals surface area (Å²) >= 11 is 6.01. The van der Waals surface area contributed by atoms with Crippen molar-refractivity contribution in [2.24, 2.45) is 0 Å². The summed E-state index contributed by atoms with van der Waals surface area (Å²) in [6, 6.07) is 12.5. The summed E-state index contributed by atoms with van der Waals surface area (Å²) in [5, 5.41) is 15.2. The minimum atomic E-state index is -0.302. The van der Waals surface area contributed by atoms with Crippen LogP contribution in [0.5, 0.6) is 0 Å². The lowest BCUT2D eigenvalue weighted by Gasteiger charge is -2.09. The lowest BCUT2D eigenvalue weighted by molar-refractivity contribution is 0.251. The third kappa shape index (κ3) is 4.48. The first-order valence-electron chi connectivity index (χ1n) is 6.58. The molecule has 4 nitrogen and oxygen atoms in total. The molecule has 0 unspecified atom stereocenters. The van der Waals surface area contributed by atoms with Crippen LogP contribution in [-0.4, -0.2) is 11.1 Å². The van der Waals surface area contributed by atoms with Crippen LogP contribution in [0.4, 0.5) is 10.5 Å². The van der Waals surface area contributed by atoms with Gasteiger partial charge in [-0.05, 0) is 35.7 Å². The molecule has 3 N–H and O–H groups in total. The number of anilines is 1. The van der Waals surface area contributed by atoms with E-state index in [1.807, 2.05) is 37.3 Å². The van der Waals surface area contributed by atoms with Crippen LogP contribution in [0.15, 0.2) is 42.5 Å². The number of aliphatic hydroxyl groups excluding tert-OH is 1. The Bertz CT molecular complexity index is 644. The van der Waals surface area contributed by atoms with Gasteiger partial charge >= 0.3 is 6.03 Å². The first-order chi connectivity index (χ1) is 10.1. The van der Waals surface area contributed by atoms with Gasteiger partial charge in [-0.3, -0.25) is 0 Å². The summed E-state index contributed by atoms with van der Waals surface area (Å²) in [5.74, 6) is 0. The molecule has 0 spiro atoms. The third-order valence-corrected chi connectivity index (χ3v) is 3.46. The molecule has 2 aromatic carbocycles. The van der Waals surface area contributed by atoms with Crippen molar-refractivity contribution in [2.45, 2.75) is 20.1 Å². The Morgan fingerprint density at radius 3 is 2.67 bits per heavy atom. The maximum atomic E-state index is 11.8. The summed E-state index contributed by atoms with van der Waals surface area (Å²) in [7, 11) is 0. The highest BCUT2D eigenvalue weighted by atomic mass is 35.5. The average molecular weight is 305 g/mol. The summed E-state index contributed by atoms with van der Waals surface area (Å²) in [6.45, 7) is 2.28. The van der Waals surface area contributed by atoms with Gasteiger partial charge in [0.25, 0.3) is 0 Å². The molecule has 0 bridgehead atoms. The van der Waals surface area contributed by atoms with E-state index in [4.69, 9.17) is 16.7 Å². The Morgan fingerprint density at radius 2 is 1.95 bits per heavy atom. The van der Waals surface area contributed by atoms with Crippen LogP contribution in [0.2, 0.25) is 5.02 Å². The summed E-state index contributed by atoms with van der Waals surface area (Å²) < 4.78 is 0. The van der Waals surface area contributed by atoms with E-state index in [1.165, 1.54) is 0 Å². The van der Waals surface area contributed by atoms with Crippen molar-refractivity contribution in [1.82, 2.24) is 5.32 Å². The molecule has 2 amide bonds. The van der Waals surface area contributed by atoms with E-state index in [-0.39, 0.29) is 12.6 Å². The molecule has 2 aromatic rings. The van der Waals surface area contributed by atoms with Crippen molar-refractivity contribution >= 4 is 23.3 Å². The van der Waals surface area contributed by atoms with E-state index in [0.29, 0.717) is 17.3 Å². The number of urea groups is 1. The molecule has 0 saturated heterocycles. The number of amides is 2. The predicted molar refractivity (Wildman–Crippen MR) is 84.4 cm³/mol. The maximum Gasteiger partial charge on any atom is 0.319 e. The largest absolute Gasteiger partial charge is 0.392 e. The molecule has 0 radical (unpaired) electrons. The topological polar surface area (TPSA) is 61.4 Å². The highest BCUT2D eigenvalue weighted by Gasteiger charge is 2.04. The molecule has 5 heteroatoms. The van der Waals surface area contributed by atoms with Crippen LogP contribution in [0.1, 0.15) is 16.7 Å². The molecule has 0 atom stereocenters. The van der Waals surface area contributed by atoms with E-state index >= 15 is 0 Å². The molecular weight excluding hydrogens is 288 g/mol. The molecule has 0 fully saturated rings. The number of carbonyl (C=O) groups is 1. The minimum absolute atomic E-state index is 0.0120. The van der Waals surface area contributed by atoms with E-state index in [2.05, 4.69) is 10.6 Å².